The Morgan fingerprint density at radius 1 is 1.12 bits per heavy atom. The second-order valence-electron chi connectivity index (χ2n) is 6.08. The standard InChI is InChI=1S/C20H26N2O2/c1-15-9-10-19(24-4)18(13-15)14-22(3)20(23)21-12-11-17-8-6-5-7-16(17)2/h5-10,13H,11-12,14H2,1-4H3,(H,21,23). The Labute approximate surface area is 144 Å². The molecule has 0 saturated carbocycles. The number of nitrogens with one attached hydrogen (secondary N) is 1. The second-order valence-corrected chi connectivity index (χ2v) is 6.08. The van der Waals surface area contributed by atoms with Gasteiger partial charge in [-0.25, -0.2) is 4.79 Å². The van der Waals surface area contributed by atoms with Gasteiger partial charge in [-0.1, -0.05) is 42.0 Å². The molecule has 4 heteroatoms. The molecule has 0 saturated heterocycles. The van der Waals surface area contributed by atoms with Crippen molar-refractivity contribution in [1.82, 2.24) is 10.2 Å². The highest BCUT2D eigenvalue weighted by Gasteiger charge is 2.12. The van der Waals surface area contributed by atoms with Crippen LogP contribution < -0.4 is 10.1 Å². The molecular weight excluding hydrogens is 300 g/mol. The Balaban J connectivity index is 1.88. The van der Waals surface area contributed by atoms with Crippen molar-refractivity contribution in [2.75, 3.05) is 20.7 Å². The predicted molar refractivity (Wildman–Crippen MR) is 97.5 cm³/mol. The molecule has 0 heterocycles. The van der Waals surface area contributed by atoms with Crippen LogP contribution in [0.5, 0.6) is 5.75 Å². The predicted octanol–water partition coefficient (Wildman–Crippen LogP) is 3.70. The smallest absolute Gasteiger partial charge is 0.317 e. The van der Waals surface area contributed by atoms with Gasteiger partial charge >= 0.3 is 6.03 Å². The first-order valence-corrected chi connectivity index (χ1v) is 8.18. The number of benzene rings is 2. The summed E-state index contributed by atoms with van der Waals surface area (Å²) in [4.78, 5) is 14.0. The lowest BCUT2D eigenvalue weighted by molar-refractivity contribution is 0.206. The average molecular weight is 326 g/mol. The van der Waals surface area contributed by atoms with E-state index in [2.05, 4.69) is 30.4 Å². The van der Waals surface area contributed by atoms with Crippen LogP contribution in [0.1, 0.15) is 22.3 Å². The van der Waals surface area contributed by atoms with Gasteiger partial charge < -0.3 is 15.0 Å². The molecule has 4 nitrogen and oxygen atoms in total. The fourth-order valence-corrected chi connectivity index (χ4v) is 2.69. The van der Waals surface area contributed by atoms with Gasteiger partial charge in [0.05, 0.1) is 13.7 Å². The lowest BCUT2D eigenvalue weighted by Gasteiger charge is -2.20. The van der Waals surface area contributed by atoms with E-state index < -0.39 is 0 Å². The molecule has 1 N–H and O–H groups in total. The van der Waals surface area contributed by atoms with Crippen molar-refractivity contribution in [2.45, 2.75) is 26.8 Å². The molecule has 0 radical (unpaired) electrons. The summed E-state index contributed by atoms with van der Waals surface area (Å²) in [5, 5.41) is 2.98. The number of hydrogen-bond acceptors (Lipinski definition) is 2. The largest absolute Gasteiger partial charge is 0.496 e. The number of rotatable bonds is 6. The van der Waals surface area contributed by atoms with Crippen LogP contribution in [0.4, 0.5) is 4.79 Å². The normalized spacial score (nSPS) is 10.3. The molecule has 2 amide bonds. The second kappa shape index (κ2) is 8.39. The number of amides is 2. The first-order valence-electron chi connectivity index (χ1n) is 8.18. The van der Waals surface area contributed by atoms with E-state index in [1.54, 1.807) is 19.1 Å². The number of ether oxygens (including phenoxy) is 1. The minimum absolute atomic E-state index is 0.0767. The number of hydrogen-bond donors (Lipinski definition) is 1. The zero-order valence-electron chi connectivity index (χ0n) is 14.9. The molecule has 0 spiro atoms. The van der Waals surface area contributed by atoms with E-state index in [0.717, 1.165) is 23.3 Å². The molecule has 2 aromatic rings. The lowest BCUT2D eigenvalue weighted by Crippen LogP contribution is -2.37. The fourth-order valence-electron chi connectivity index (χ4n) is 2.69. The van der Waals surface area contributed by atoms with Gasteiger partial charge in [0.1, 0.15) is 5.75 Å². The molecule has 24 heavy (non-hydrogen) atoms. The van der Waals surface area contributed by atoms with E-state index in [1.807, 2.05) is 31.2 Å². The van der Waals surface area contributed by atoms with E-state index in [-0.39, 0.29) is 6.03 Å². The van der Waals surface area contributed by atoms with Crippen LogP contribution in [0.25, 0.3) is 0 Å². The Morgan fingerprint density at radius 3 is 2.58 bits per heavy atom. The van der Waals surface area contributed by atoms with Gasteiger partial charge in [0.15, 0.2) is 0 Å². The molecule has 0 unspecified atom stereocenters. The van der Waals surface area contributed by atoms with Crippen LogP contribution in [0.15, 0.2) is 42.5 Å². The maximum Gasteiger partial charge on any atom is 0.317 e. The number of carbonyl (C=O) groups excluding carboxylic acids is 1. The Morgan fingerprint density at radius 2 is 1.88 bits per heavy atom. The number of carbonyl (C=O) groups is 1. The zero-order chi connectivity index (χ0) is 17.5. The minimum atomic E-state index is -0.0767. The summed E-state index contributed by atoms with van der Waals surface area (Å²) >= 11 is 0. The third-order valence-electron chi connectivity index (χ3n) is 4.12. The first-order chi connectivity index (χ1) is 11.5. The van der Waals surface area contributed by atoms with Crippen LogP contribution in [-0.2, 0) is 13.0 Å². The van der Waals surface area contributed by atoms with E-state index in [1.165, 1.54) is 11.1 Å². The van der Waals surface area contributed by atoms with Crippen LogP contribution in [0.3, 0.4) is 0 Å². The van der Waals surface area contributed by atoms with Gasteiger partial charge in [-0.2, -0.15) is 0 Å². The summed E-state index contributed by atoms with van der Waals surface area (Å²) < 4.78 is 5.37. The molecule has 0 bridgehead atoms. The first kappa shape index (κ1) is 17.9. The van der Waals surface area contributed by atoms with Gasteiger partial charge in [-0.05, 0) is 37.5 Å². The number of nitrogens with zero attached hydrogens (tertiary/aromatic N) is 1. The summed E-state index contributed by atoms with van der Waals surface area (Å²) in [6.07, 6.45) is 0.833. The third kappa shape index (κ3) is 4.75. The van der Waals surface area contributed by atoms with E-state index >= 15 is 0 Å². The van der Waals surface area contributed by atoms with E-state index in [4.69, 9.17) is 4.74 Å². The zero-order valence-corrected chi connectivity index (χ0v) is 14.9. The van der Waals surface area contributed by atoms with Gasteiger partial charge in [-0.3, -0.25) is 0 Å². The van der Waals surface area contributed by atoms with Gasteiger partial charge in [0, 0.05) is 19.2 Å². The summed E-state index contributed by atoms with van der Waals surface area (Å²) in [7, 11) is 3.45. The molecule has 0 atom stereocenters. The maximum absolute atomic E-state index is 12.3. The highest BCUT2D eigenvalue weighted by molar-refractivity contribution is 5.74. The van der Waals surface area contributed by atoms with Crippen LogP contribution >= 0.6 is 0 Å². The van der Waals surface area contributed by atoms with Crippen molar-refractivity contribution < 1.29 is 9.53 Å². The monoisotopic (exact) mass is 326 g/mol. The minimum Gasteiger partial charge on any atom is -0.496 e. The number of aryl methyl sites for hydroxylation is 2. The molecule has 0 aliphatic heterocycles. The highest BCUT2D eigenvalue weighted by atomic mass is 16.5. The molecule has 0 aliphatic carbocycles. The van der Waals surface area contributed by atoms with E-state index in [0.29, 0.717) is 13.1 Å². The molecule has 128 valence electrons. The molecular formula is C20H26N2O2. The van der Waals surface area contributed by atoms with Crippen molar-refractivity contribution in [1.29, 1.82) is 0 Å². The Bertz CT molecular complexity index is 698. The average Bonchev–Trinajstić information content (AvgIpc) is 2.56. The SMILES string of the molecule is COc1ccc(C)cc1CN(C)C(=O)NCCc1ccccc1C. The highest BCUT2D eigenvalue weighted by Crippen LogP contribution is 2.21. The number of methoxy groups -OCH3 is 1. The van der Waals surface area contributed by atoms with Crippen molar-refractivity contribution in [3.8, 4) is 5.75 Å². The van der Waals surface area contributed by atoms with Crippen molar-refractivity contribution >= 4 is 6.03 Å². The molecule has 0 aliphatic rings. The van der Waals surface area contributed by atoms with E-state index in [9.17, 15) is 4.79 Å². The van der Waals surface area contributed by atoms with Crippen molar-refractivity contribution in [2.24, 2.45) is 0 Å². The van der Waals surface area contributed by atoms with Crippen molar-refractivity contribution in [3.05, 3.63) is 64.7 Å². The van der Waals surface area contributed by atoms with Gasteiger partial charge in [0.2, 0.25) is 0 Å². The summed E-state index contributed by atoms with van der Waals surface area (Å²) in [5.41, 5.74) is 4.68. The van der Waals surface area contributed by atoms with Gasteiger partial charge in [0.25, 0.3) is 0 Å². The topological polar surface area (TPSA) is 41.6 Å². The summed E-state index contributed by atoms with van der Waals surface area (Å²) in [6.45, 7) is 5.26. The molecule has 2 aromatic carbocycles. The van der Waals surface area contributed by atoms with Crippen LogP contribution in [-0.4, -0.2) is 31.6 Å². The maximum atomic E-state index is 12.3. The Hall–Kier alpha value is -2.49. The Kier molecular flexibility index (Phi) is 6.24. The lowest BCUT2D eigenvalue weighted by atomic mass is 10.1. The molecule has 2 rings (SSSR count). The summed E-state index contributed by atoms with van der Waals surface area (Å²) in [6, 6.07) is 14.2. The molecule has 0 fully saturated rings. The van der Waals surface area contributed by atoms with Gasteiger partial charge in [-0.15, -0.1) is 0 Å². The molecule has 0 aromatic heterocycles. The fraction of sp³-hybridized carbons (Fsp3) is 0.350. The number of urea groups is 1. The van der Waals surface area contributed by atoms with Crippen LogP contribution in [0.2, 0.25) is 0 Å². The summed E-state index contributed by atoms with van der Waals surface area (Å²) in [5.74, 6) is 0.806. The quantitative estimate of drug-likeness (QED) is 0.879. The third-order valence-corrected chi connectivity index (χ3v) is 4.12. The van der Waals surface area contributed by atoms with Crippen LogP contribution in [0, 0.1) is 13.8 Å². The van der Waals surface area contributed by atoms with Crippen molar-refractivity contribution in [3.63, 3.8) is 0 Å².